The van der Waals surface area contributed by atoms with Gasteiger partial charge >= 0.3 is 0 Å². The molecule has 104 valence electrons. The monoisotopic (exact) mass is 291 g/mol. The Balaban J connectivity index is 2.21. The Morgan fingerprint density at radius 1 is 1.35 bits per heavy atom. The normalized spacial score (nSPS) is 19.4. The number of carbonyl (C=O) groups excluding carboxylic acids is 2. The molecule has 1 saturated heterocycles. The third-order valence-electron chi connectivity index (χ3n) is 3.52. The number of piperidine rings is 1. The SMILES string of the molecule is Cc1csc2nc(C)n(C3CCC(=O)NC3=O)c(=O)c12. The number of imide groups is 1. The largest absolute Gasteiger partial charge is 0.295 e. The first-order valence-electron chi connectivity index (χ1n) is 6.29. The average molecular weight is 291 g/mol. The highest BCUT2D eigenvalue weighted by atomic mass is 32.1. The van der Waals surface area contributed by atoms with Gasteiger partial charge in [0.2, 0.25) is 11.8 Å². The fraction of sp³-hybridized carbons (Fsp3) is 0.385. The van der Waals surface area contributed by atoms with Crippen LogP contribution in [0.3, 0.4) is 0 Å². The van der Waals surface area contributed by atoms with Crippen molar-refractivity contribution in [3.05, 3.63) is 27.1 Å². The quantitative estimate of drug-likeness (QED) is 0.796. The van der Waals surface area contributed by atoms with Crippen LogP contribution in [0.2, 0.25) is 0 Å². The smallest absolute Gasteiger partial charge is 0.263 e. The molecule has 1 atom stereocenters. The summed E-state index contributed by atoms with van der Waals surface area (Å²) in [6, 6.07) is -0.656. The molecule has 1 aliphatic rings. The molecule has 1 fully saturated rings. The van der Waals surface area contributed by atoms with Gasteiger partial charge < -0.3 is 0 Å². The average Bonchev–Trinajstić information content (AvgIpc) is 2.73. The van der Waals surface area contributed by atoms with Gasteiger partial charge in [-0.25, -0.2) is 4.98 Å². The van der Waals surface area contributed by atoms with Crippen molar-refractivity contribution in [3.63, 3.8) is 0 Å². The molecule has 3 rings (SSSR count). The van der Waals surface area contributed by atoms with Crippen LogP contribution in [0.15, 0.2) is 10.2 Å². The molecule has 0 saturated carbocycles. The van der Waals surface area contributed by atoms with Crippen LogP contribution in [0.4, 0.5) is 0 Å². The summed E-state index contributed by atoms with van der Waals surface area (Å²) in [4.78, 5) is 40.9. The standard InChI is InChI=1S/C13H13N3O3S/c1-6-5-20-12-10(6)13(19)16(7(2)14-12)8-3-4-9(17)15-11(8)18/h5,8H,3-4H2,1-2H3,(H,15,17,18). The van der Waals surface area contributed by atoms with Gasteiger partial charge in [-0.05, 0) is 31.2 Å². The molecule has 2 amide bonds. The third kappa shape index (κ3) is 1.85. The zero-order valence-electron chi connectivity index (χ0n) is 11.1. The Morgan fingerprint density at radius 2 is 2.10 bits per heavy atom. The highest BCUT2D eigenvalue weighted by Crippen LogP contribution is 2.24. The van der Waals surface area contributed by atoms with Crippen LogP contribution < -0.4 is 10.9 Å². The fourth-order valence-electron chi connectivity index (χ4n) is 2.54. The second-order valence-electron chi connectivity index (χ2n) is 4.90. The van der Waals surface area contributed by atoms with Gasteiger partial charge in [0, 0.05) is 6.42 Å². The van der Waals surface area contributed by atoms with Crippen LogP contribution in [0.5, 0.6) is 0 Å². The Hall–Kier alpha value is -2.02. The van der Waals surface area contributed by atoms with Gasteiger partial charge in [0.1, 0.15) is 16.7 Å². The molecule has 0 aliphatic carbocycles. The van der Waals surface area contributed by atoms with Crippen molar-refractivity contribution in [2.45, 2.75) is 32.7 Å². The van der Waals surface area contributed by atoms with E-state index in [0.29, 0.717) is 22.5 Å². The fourth-order valence-corrected chi connectivity index (χ4v) is 3.49. The van der Waals surface area contributed by atoms with Crippen LogP contribution >= 0.6 is 11.3 Å². The summed E-state index contributed by atoms with van der Waals surface area (Å²) in [7, 11) is 0. The van der Waals surface area contributed by atoms with E-state index in [-0.39, 0.29) is 17.9 Å². The number of aryl methyl sites for hydroxylation is 2. The Bertz CT molecular complexity index is 790. The van der Waals surface area contributed by atoms with Crippen molar-refractivity contribution in [1.82, 2.24) is 14.9 Å². The molecule has 0 spiro atoms. The predicted molar refractivity (Wildman–Crippen MR) is 74.8 cm³/mol. The van der Waals surface area contributed by atoms with E-state index in [9.17, 15) is 14.4 Å². The van der Waals surface area contributed by atoms with E-state index in [1.807, 2.05) is 12.3 Å². The van der Waals surface area contributed by atoms with E-state index in [1.54, 1.807) is 6.92 Å². The highest BCUT2D eigenvalue weighted by Gasteiger charge is 2.30. The molecule has 1 unspecified atom stereocenters. The van der Waals surface area contributed by atoms with E-state index < -0.39 is 11.9 Å². The Labute approximate surface area is 118 Å². The molecular formula is C13H13N3O3S. The second-order valence-corrected chi connectivity index (χ2v) is 5.76. The highest BCUT2D eigenvalue weighted by molar-refractivity contribution is 7.16. The number of fused-ring (bicyclic) bond motifs is 1. The molecule has 20 heavy (non-hydrogen) atoms. The minimum Gasteiger partial charge on any atom is -0.295 e. The second kappa shape index (κ2) is 4.52. The number of hydrogen-bond donors (Lipinski definition) is 1. The van der Waals surface area contributed by atoms with Crippen LogP contribution in [0, 0.1) is 13.8 Å². The number of carbonyl (C=O) groups is 2. The number of hydrogen-bond acceptors (Lipinski definition) is 5. The minimum absolute atomic E-state index is 0.208. The molecule has 0 radical (unpaired) electrons. The zero-order valence-corrected chi connectivity index (χ0v) is 11.9. The van der Waals surface area contributed by atoms with E-state index in [1.165, 1.54) is 15.9 Å². The molecule has 7 heteroatoms. The number of aromatic nitrogens is 2. The maximum absolute atomic E-state index is 12.6. The van der Waals surface area contributed by atoms with Crippen molar-refractivity contribution in [1.29, 1.82) is 0 Å². The van der Waals surface area contributed by atoms with E-state index in [2.05, 4.69) is 10.3 Å². The van der Waals surface area contributed by atoms with E-state index >= 15 is 0 Å². The zero-order chi connectivity index (χ0) is 14.4. The minimum atomic E-state index is -0.656. The molecule has 0 aromatic carbocycles. The lowest BCUT2D eigenvalue weighted by Crippen LogP contribution is -2.45. The maximum atomic E-state index is 12.6. The predicted octanol–water partition coefficient (Wildman–Crippen LogP) is 1.05. The van der Waals surface area contributed by atoms with Crippen molar-refractivity contribution in [2.24, 2.45) is 0 Å². The first-order chi connectivity index (χ1) is 9.49. The Kier molecular flexibility index (Phi) is 2.93. The number of thiophene rings is 1. The van der Waals surface area contributed by atoms with Gasteiger partial charge in [-0.3, -0.25) is 24.3 Å². The van der Waals surface area contributed by atoms with Crippen molar-refractivity contribution >= 4 is 33.4 Å². The van der Waals surface area contributed by atoms with Gasteiger partial charge in [0.25, 0.3) is 5.56 Å². The lowest BCUT2D eigenvalue weighted by Gasteiger charge is -2.24. The Morgan fingerprint density at radius 3 is 2.80 bits per heavy atom. The maximum Gasteiger partial charge on any atom is 0.263 e. The molecule has 6 nitrogen and oxygen atoms in total. The van der Waals surface area contributed by atoms with Crippen LogP contribution in [0.25, 0.3) is 10.2 Å². The topological polar surface area (TPSA) is 81.1 Å². The van der Waals surface area contributed by atoms with Crippen LogP contribution in [0.1, 0.15) is 30.3 Å². The number of amides is 2. The molecule has 1 aliphatic heterocycles. The van der Waals surface area contributed by atoms with Gasteiger partial charge in [-0.1, -0.05) is 0 Å². The van der Waals surface area contributed by atoms with E-state index in [4.69, 9.17) is 0 Å². The first kappa shape index (κ1) is 13.0. The third-order valence-corrected chi connectivity index (χ3v) is 4.51. The number of rotatable bonds is 1. The molecule has 1 N–H and O–H groups in total. The van der Waals surface area contributed by atoms with Crippen LogP contribution in [-0.2, 0) is 9.59 Å². The number of nitrogens with one attached hydrogen (secondary N) is 1. The van der Waals surface area contributed by atoms with Gasteiger partial charge in [-0.2, -0.15) is 0 Å². The van der Waals surface area contributed by atoms with E-state index in [0.717, 1.165) is 5.56 Å². The molecule has 2 aromatic rings. The molecule has 0 bridgehead atoms. The summed E-state index contributed by atoms with van der Waals surface area (Å²) >= 11 is 1.42. The summed E-state index contributed by atoms with van der Waals surface area (Å²) in [5, 5.41) is 4.72. The van der Waals surface area contributed by atoms with Crippen molar-refractivity contribution in [3.8, 4) is 0 Å². The van der Waals surface area contributed by atoms with Crippen molar-refractivity contribution in [2.75, 3.05) is 0 Å². The summed E-state index contributed by atoms with van der Waals surface area (Å²) in [6.07, 6.45) is 0.574. The molecule has 2 aromatic heterocycles. The molecular weight excluding hydrogens is 278 g/mol. The number of nitrogens with zero attached hydrogens (tertiary/aromatic N) is 2. The lowest BCUT2D eigenvalue weighted by molar-refractivity contribution is -0.135. The lowest BCUT2D eigenvalue weighted by atomic mass is 10.1. The van der Waals surface area contributed by atoms with Crippen molar-refractivity contribution < 1.29 is 9.59 Å². The van der Waals surface area contributed by atoms with Gasteiger partial charge in [0.15, 0.2) is 0 Å². The summed E-state index contributed by atoms with van der Waals surface area (Å²) in [6.45, 7) is 3.56. The van der Waals surface area contributed by atoms with Gasteiger partial charge in [0.05, 0.1) is 5.39 Å². The summed E-state index contributed by atoms with van der Waals surface area (Å²) in [5.74, 6) is -0.225. The summed E-state index contributed by atoms with van der Waals surface area (Å²) in [5.41, 5.74) is 0.657. The van der Waals surface area contributed by atoms with Crippen LogP contribution in [-0.4, -0.2) is 21.4 Å². The molecule has 3 heterocycles. The van der Waals surface area contributed by atoms with Gasteiger partial charge in [-0.15, -0.1) is 11.3 Å². The summed E-state index contributed by atoms with van der Waals surface area (Å²) < 4.78 is 1.41. The first-order valence-corrected chi connectivity index (χ1v) is 7.17.